The zero-order chi connectivity index (χ0) is 20.5. The fourth-order valence-corrected chi connectivity index (χ4v) is 2.63. The molecule has 0 radical (unpaired) electrons. The molecule has 0 atom stereocenters. The number of aromatic nitrogens is 3. The molecule has 1 amide bonds. The first kappa shape index (κ1) is 19.6. The first-order valence-electron chi connectivity index (χ1n) is 7.99. The van der Waals surface area contributed by atoms with Gasteiger partial charge in [0.15, 0.2) is 0 Å². The number of nitrogens with one attached hydrogen (secondary N) is 1. The molecule has 146 valence electrons. The molecule has 1 N–H and O–H groups in total. The number of rotatable bonds is 5. The van der Waals surface area contributed by atoms with Crippen molar-refractivity contribution in [3.63, 3.8) is 0 Å². The van der Waals surface area contributed by atoms with E-state index in [0.717, 1.165) is 0 Å². The number of hydrogen-bond acceptors (Lipinski definition) is 4. The van der Waals surface area contributed by atoms with Crippen molar-refractivity contribution in [3.8, 4) is 17.0 Å². The molecule has 10 heteroatoms. The number of aryl methyl sites for hydroxylation is 1. The van der Waals surface area contributed by atoms with E-state index in [2.05, 4.69) is 15.2 Å². The number of alkyl halides is 3. The summed E-state index contributed by atoms with van der Waals surface area (Å²) < 4.78 is 32.5. The highest BCUT2D eigenvalue weighted by atomic mass is 35.5. The Balaban J connectivity index is 1.83. The van der Waals surface area contributed by atoms with Crippen molar-refractivity contribution < 1.29 is 18.3 Å². The predicted octanol–water partition coefficient (Wildman–Crippen LogP) is 3.21. The molecular formula is C18H15ClF2N4O3. The van der Waals surface area contributed by atoms with Crippen LogP contribution in [-0.4, -0.2) is 25.8 Å². The van der Waals surface area contributed by atoms with Crippen LogP contribution in [-0.2, 0) is 14.1 Å². The number of ether oxygens (including phenoxy) is 1. The molecule has 3 rings (SSSR count). The van der Waals surface area contributed by atoms with Gasteiger partial charge in [-0.25, -0.2) is 0 Å². The highest BCUT2D eigenvalue weighted by Gasteiger charge is 2.27. The summed E-state index contributed by atoms with van der Waals surface area (Å²) in [7, 11) is 3.34. The molecule has 0 saturated heterocycles. The third-order valence-corrected chi connectivity index (χ3v) is 3.95. The Bertz CT molecular complexity index is 1070. The second kappa shape index (κ2) is 7.43. The van der Waals surface area contributed by atoms with Crippen molar-refractivity contribution >= 4 is 23.2 Å². The molecule has 3 aromatic rings. The molecule has 0 aliphatic heterocycles. The summed E-state index contributed by atoms with van der Waals surface area (Å²) >= 11 is 4.70. The standard InChI is InChI=1S/C18H15ClF2N4O3/c1-24-10-12(9-22-24)15-7-11(8-16(26)25(15)2)17(27)23-13-3-5-14(6-4-13)28-18(19,20)21/h3-10H,1-2H3,(H,23,27). The first-order valence-corrected chi connectivity index (χ1v) is 8.37. The van der Waals surface area contributed by atoms with E-state index in [4.69, 9.17) is 11.6 Å². The number of benzene rings is 1. The molecule has 2 heterocycles. The first-order chi connectivity index (χ1) is 13.1. The van der Waals surface area contributed by atoms with Crippen LogP contribution in [0.25, 0.3) is 11.3 Å². The number of hydrogen-bond donors (Lipinski definition) is 1. The van der Waals surface area contributed by atoms with Crippen molar-refractivity contribution in [3.05, 3.63) is 64.7 Å². The quantitative estimate of drug-likeness (QED) is 0.657. The number of carbonyl (C=O) groups excluding carboxylic acids is 1. The van der Waals surface area contributed by atoms with Gasteiger partial charge < -0.3 is 14.6 Å². The summed E-state index contributed by atoms with van der Waals surface area (Å²) in [5.74, 6) is -0.690. The smallest absolute Gasteiger partial charge is 0.420 e. The Labute approximate surface area is 163 Å². The summed E-state index contributed by atoms with van der Waals surface area (Å²) in [4.78, 5) is 24.8. The van der Waals surface area contributed by atoms with Crippen molar-refractivity contribution in [1.29, 1.82) is 0 Å². The van der Waals surface area contributed by atoms with Crippen LogP contribution in [0.3, 0.4) is 0 Å². The summed E-state index contributed by atoms with van der Waals surface area (Å²) in [5.41, 5.74) is -2.50. The summed E-state index contributed by atoms with van der Waals surface area (Å²) in [6, 6.07) is 7.99. The summed E-state index contributed by atoms with van der Waals surface area (Å²) in [5, 5.41) is 6.66. The maximum atomic E-state index is 12.6. The van der Waals surface area contributed by atoms with E-state index in [0.29, 0.717) is 16.9 Å². The summed E-state index contributed by atoms with van der Waals surface area (Å²) in [6.45, 7) is 0. The van der Waals surface area contributed by atoms with Crippen LogP contribution in [0.1, 0.15) is 10.4 Å². The largest absolute Gasteiger partial charge is 0.487 e. The van der Waals surface area contributed by atoms with Gasteiger partial charge in [0.2, 0.25) is 0 Å². The molecule has 0 bridgehead atoms. The maximum absolute atomic E-state index is 12.6. The number of halogens is 3. The number of anilines is 1. The van der Waals surface area contributed by atoms with Crippen LogP contribution in [0.5, 0.6) is 5.75 Å². The molecule has 0 fully saturated rings. The Morgan fingerprint density at radius 2 is 1.89 bits per heavy atom. The van der Waals surface area contributed by atoms with E-state index < -0.39 is 11.5 Å². The van der Waals surface area contributed by atoms with E-state index >= 15 is 0 Å². The molecule has 1 aromatic carbocycles. The fraction of sp³-hybridized carbons (Fsp3) is 0.167. The Morgan fingerprint density at radius 1 is 1.21 bits per heavy atom. The minimum atomic E-state index is -3.82. The molecule has 2 aromatic heterocycles. The number of pyridine rings is 1. The van der Waals surface area contributed by atoms with Crippen molar-refractivity contribution in [2.24, 2.45) is 14.1 Å². The van der Waals surface area contributed by atoms with E-state index in [-0.39, 0.29) is 16.9 Å². The molecule has 7 nitrogen and oxygen atoms in total. The lowest BCUT2D eigenvalue weighted by Crippen LogP contribution is -2.22. The van der Waals surface area contributed by atoms with Crippen molar-refractivity contribution in [1.82, 2.24) is 14.3 Å². The lowest BCUT2D eigenvalue weighted by atomic mass is 10.1. The van der Waals surface area contributed by atoms with Crippen LogP contribution >= 0.6 is 11.6 Å². The SMILES string of the molecule is Cn1cc(-c2cc(C(=O)Nc3ccc(OC(F)(F)Cl)cc3)cc(=O)n2C)cn1. The number of amides is 1. The molecule has 0 aliphatic rings. The van der Waals surface area contributed by atoms with Gasteiger partial charge in [0.05, 0.1) is 11.9 Å². The van der Waals surface area contributed by atoms with Crippen LogP contribution < -0.4 is 15.6 Å². The summed E-state index contributed by atoms with van der Waals surface area (Å²) in [6.07, 6.45) is 3.31. The maximum Gasteiger partial charge on any atom is 0.487 e. The van der Waals surface area contributed by atoms with Crippen molar-refractivity contribution in [2.45, 2.75) is 5.57 Å². The highest BCUT2D eigenvalue weighted by Crippen LogP contribution is 2.26. The van der Waals surface area contributed by atoms with Gasteiger partial charge in [-0.1, -0.05) is 0 Å². The van der Waals surface area contributed by atoms with Crippen LogP contribution in [0.4, 0.5) is 14.5 Å². The molecule has 0 spiro atoms. The topological polar surface area (TPSA) is 78.2 Å². The van der Waals surface area contributed by atoms with Gasteiger partial charge in [0.25, 0.3) is 11.5 Å². The van der Waals surface area contributed by atoms with Gasteiger partial charge in [-0.15, -0.1) is 8.78 Å². The Hall–Kier alpha value is -3.20. The van der Waals surface area contributed by atoms with Crippen LogP contribution in [0, 0.1) is 0 Å². The zero-order valence-electron chi connectivity index (χ0n) is 14.8. The van der Waals surface area contributed by atoms with Crippen LogP contribution in [0.15, 0.2) is 53.6 Å². The normalized spacial score (nSPS) is 11.3. The van der Waals surface area contributed by atoms with Gasteiger partial charge in [-0.3, -0.25) is 14.3 Å². The molecule has 28 heavy (non-hydrogen) atoms. The van der Waals surface area contributed by atoms with Gasteiger partial charge in [-0.2, -0.15) is 5.10 Å². The number of nitrogens with zero attached hydrogens (tertiary/aromatic N) is 3. The predicted molar refractivity (Wildman–Crippen MR) is 99.7 cm³/mol. The van der Waals surface area contributed by atoms with E-state index in [1.165, 1.54) is 34.9 Å². The van der Waals surface area contributed by atoms with Gasteiger partial charge in [0, 0.05) is 54.8 Å². The van der Waals surface area contributed by atoms with E-state index in [1.807, 2.05) is 0 Å². The molecule has 0 unspecified atom stereocenters. The third kappa shape index (κ3) is 4.55. The lowest BCUT2D eigenvalue weighted by Gasteiger charge is -2.12. The molecular weight excluding hydrogens is 394 g/mol. The lowest BCUT2D eigenvalue weighted by molar-refractivity contribution is -0.0964. The van der Waals surface area contributed by atoms with Gasteiger partial charge in [0.1, 0.15) is 5.75 Å². The molecule has 0 aliphatic carbocycles. The second-order valence-electron chi connectivity index (χ2n) is 5.96. The average Bonchev–Trinajstić information content (AvgIpc) is 3.03. The molecule has 0 saturated carbocycles. The number of carbonyl (C=O) groups is 1. The Morgan fingerprint density at radius 3 is 2.46 bits per heavy atom. The van der Waals surface area contributed by atoms with E-state index in [9.17, 15) is 18.4 Å². The minimum absolute atomic E-state index is 0.148. The van der Waals surface area contributed by atoms with Gasteiger partial charge >= 0.3 is 5.57 Å². The van der Waals surface area contributed by atoms with Gasteiger partial charge in [-0.05, 0) is 30.3 Å². The Kier molecular flexibility index (Phi) is 5.19. The highest BCUT2D eigenvalue weighted by molar-refractivity contribution is 6.20. The minimum Gasteiger partial charge on any atom is -0.420 e. The second-order valence-corrected chi connectivity index (χ2v) is 6.40. The zero-order valence-corrected chi connectivity index (χ0v) is 15.6. The van der Waals surface area contributed by atoms with E-state index in [1.54, 1.807) is 37.2 Å². The van der Waals surface area contributed by atoms with Crippen LogP contribution in [0.2, 0.25) is 0 Å². The monoisotopic (exact) mass is 408 g/mol. The average molecular weight is 409 g/mol. The third-order valence-electron chi connectivity index (χ3n) is 3.87. The fourth-order valence-electron chi connectivity index (χ4n) is 2.54. The van der Waals surface area contributed by atoms with Crippen molar-refractivity contribution in [2.75, 3.05) is 5.32 Å².